The summed E-state index contributed by atoms with van der Waals surface area (Å²) in [5.41, 5.74) is 0.804. The first-order valence-electron chi connectivity index (χ1n) is 5.78. The molecule has 1 amide bonds. The van der Waals surface area contributed by atoms with Crippen molar-refractivity contribution in [2.75, 3.05) is 5.32 Å². The molecule has 3 aromatic rings. The lowest BCUT2D eigenvalue weighted by Gasteiger charge is -2.02. The molecule has 0 spiro atoms. The van der Waals surface area contributed by atoms with Gasteiger partial charge in [-0.2, -0.15) is 5.10 Å². The number of H-pyrrole nitrogens is 2. The number of benzene rings is 1. The van der Waals surface area contributed by atoms with Gasteiger partial charge in [0.1, 0.15) is 5.69 Å². The molecule has 0 atom stereocenters. The quantitative estimate of drug-likeness (QED) is 0.672. The van der Waals surface area contributed by atoms with E-state index >= 15 is 0 Å². The topological polar surface area (TPSA) is 90.6 Å². The molecule has 3 N–H and O–H groups in total. The molecule has 0 unspecified atom stereocenters. The van der Waals surface area contributed by atoms with Crippen molar-refractivity contribution in [2.45, 2.75) is 0 Å². The van der Waals surface area contributed by atoms with Gasteiger partial charge in [0.05, 0.1) is 5.52 Å². The number of aromatic nitrogens is 3. The number of rotatable bonds is 2. The summed E-state index contributed by atoms with van der Waals surface area (Å²) in [7, 11) is 0. The Labute approximate surface area is 121 Å². The van der Waals surface area contributed by atoms with Crippen molar-refractivity contribution in [2.24, 2.45) is 0 Å². The van der Waals surface area contributed by atoms with Crippen LogP contribution in [0.4, 0.5) is 5.69 Å². The molecule has 2 heterocycles. The molecule has 0 bridgehead atoms. The van der Waals surface area contributed by atoms with Gasteiger partial charge < -0.3 is 10.3 Å². The first-order chi connectivity index (χ1) is 9.65. The number of carbonyl (C=O) groups excluding carboxylic acids is 1. The predicted molar refractivity (Wildman–Crippen MR) is 78.8 cm³/mol. The van der Waals surface area contributed by atoms with Crippen molar-refractivity contribution in [3.63, 3.8) is 0 Å². The number of aromatic amines is 2. The zero-order valence-corrected chi connectivity index (χ0v) is 11.7. The van der Waals surface area contributed by atoms with Crippen LogP contribution in [0.2, 0.25) is 0 Å². The van der Waals surface area contributed by atoms with Gasteiger partial charge in [-0.3, -0.25) is 14.7 Å². The number of nitrogens with one attached hydrogen (secondary N) is 3. The molecule has 0 aliphatic heterocycles. The van der Waals surface area contributed by atoms with Crippen LogP contribution in [0.3, 0.4) is 0 Å². The van der Waals surface area contributed by atoms with Gasteiger partial charge in [-0.05, 0) is 28.1 Å². The Morgan fingerprint density at radius 3 is 2.95 bits per heavy atom. The lowest BCUT2D eigenvalue weighted by molar-refractivity contribution is 0.102. The van der Waals surface area contributed by atoms with E-state index < -0.39 is 5.91 Å². The molecule has 0 saturated carbocycles. The Bertz CT molecular complexity index is 853. The summed E-state index contributed by atoms with van der Waals surface area (Å²) in [5, 5.41) is 10.0. The van der Waals surface area contributed by atoms with Crippen LogP contribution in [-0.4, -0.2) is 21.1 Å². The number of hydrogen-bond acceptors (Lipinski definition) is 3. The minimum absolute atomic E-state index is 0.163. The van der Waals surface area contributed by atoms with Crippen LogP contribution in [0, 0.1) is 0 Å². The Hall–Kier alpha value is -2.41. The van der Waals surface area contributed by atoms with E-state index in [0.29, 0.717) is 9.86 Å². The molecule has 3 rings (SSSR count). The maximum absolute atomic E-state index is 12.2. The van der Waals surface area contributed by atoms with E-state index in [1.54, 1.807) is 6.07 Å². The average molecular weight is 333 g/mol. The van der Waals surface area contributed by atoms with Gasteiger partial charge in [-0.15, -0.1) is 0 Å². The summed E-state index contributed by atoms with van der Waals surface area (Å²) in [5.74, 6) is -0.439. The summed E-state index contributed by atoms with van der Waals surface area (Å²) < 4.78 is 0.666. The van der Waals surface area contributed by atoms with Gasteiger partial charge in [0.15, 0.2) is 5.69 Å². The van der Waals surface area contributed by atoms with Crippen molar-refractivity contribution in [1.29, 1.82) is 0 Å². The van der Waals surface area contributed by atoms with Gasteiger partial charge in [0, 0.05) is 16.1 Å². The maximum Gasteiger partial charge on any atom is 0.276 e. The highest BCUT2D eigenvalue weighted by Crippen LogP contribution is 2.17. The van der Waals surface area contributed by atoms with Gasteiger partial charge in [0.2, 0.25) is 0 Å². The van der Waals surface area contributed by atoms with E-state index in [2.05, 4.69) is 36.4 Å². The minimum Gasteiger partial charge on any atom is -0.326 e. The number of amides is 1. The lowest BCUT2D eigenvalue weighted by atomic mass is 10.2. The number of fused-ring (bicyclic) bond motifs is 1. The number of carbonyl (C=O) groups is 1. The van der Waals surface area contributed by atoms with Gasteiger partial charge in [0.25, 0.3) is 11.5 Å². The third-order valence-electron chi connectivity index (χ3n) is 2.80. The van der Waals surface area contributed by atoms with Gasteiger partial charge in [-0.25, -0.2) is 0 Å². The second-order valence-corrected chi connectivity index (χ2v) is 5.05. The van der Waals surface area contributed by atoms with E-state index in [1.165, 1.54) is 12.3 Å². The Morgan fingerprint density at radius 1 is 1.30 bits per heavy atom. The number of anilines is 1. The third kappa shape index (κ3) is 2.23. The lowest BCUT2D eigenvalue weighted by Crippen LogP contribution is -2.20. The maximum atomic E-state index is 12.2. The van der Waals surface area contributed by atoms with Crippen LogP contribution in [-0.2, 0) is 0 Å². The minimum atomic E-state index is -0.439. The highest BCUT2D eigenvalue weighted by molar-refractivity contribution is 9.10. The second kappa shape index (κ2) is 4.93. The Morgan fingerprint density at radius 2 is 2.10 bits per heavy atom. The Balaban J connectivity index is 1.97. The van der Waals surface area contributed by atoms with E-state index in [-0.39, 0.29) is 16.9 Å². The molecular weight excluding hydrogens is 324 g/mol. The highest BCUT2D eigenvalue weighted by atomic mass is 79.9. The Kier molecular flexibility index (Phi) is 3.11. The summed E-state index contributed by atoms with van der Waals surface area (Å²) in [6.45, 7) is 0. The van der Waals surface area contributed by atoms with E-state index in [1.807, 2.05) is 18.2 Å². The van der Waals surface area contributed by atoms with Crippen LogP contribution in [0.1, 0.15) is 10.5 Å². The van der Waals surface area contributed by atoms with E-state index in [0.717, 1.165) is 5.52 Å². The van der Waals surface area contributed by atoms with Crippen molar-refractivity contribution in [1.82, 2.24) is 15.2 Å². The molecule has 0 fully saturated rings. The van der Waals surface area contributed by atoms with Crippen molar-refractivity contribution in [3.8, 4) is 0 Å². The fraction of sp³-hybridized carbons (Fsp3) is 0. The monoisotopic (exact) mass is 332 g/mol. The zero-order chi connectivity index (χ0) is 14.1. The van der Waals surface area contributed by atoms with Crippen LogP contribution < -0.4 is 10.9 Å². The summed E-state index contributed by atoms with van der Waals surface area (Å²) in [4.78, 5) is 26.3. The molecule has 6 nitrogen and oxygen atoms in total. The standard InChI is InChI=1S/C13H9BrN4O2/c14-7-5-10(12(19)15-6-7)16-13(20)11-8-3-1-2-4-9(8)17-18-11/h1-6H,(H,15,19)(H,16,20)(H,17,18). The number of hydrogen-bond donors (Lipinski definition) is 3. The van der Waals surface area contributed by atoms with E-state index in [4.69, 9.17) is 0 Å². The fourth-order valence-electron chi connectivity index (χ4n) is 1.87. The second-order valence-electron chi connectivity index (χ2n) is 4.13. The third-order valence-corrected chi connectivity index (χ3v) is 3.26. The number of nitrogens with zero attached hydrogens (tertiary/aromatic N) is 1. The zero-order valence-electron chi connectivity index (χ0n) is 10.1. The van der Waals surface area contributed by atoms with Gasteiger partial charge in [-0.1, -0.05) is 18.2 Å². The van der Waals surface area contributed by atoms with Crippen LogP contribution in [0.25, 0.3) is 10.9 Å². The van der Waals surface area contributed by atoms with Crippen molar-refractivity contribution in [3.05, 3.63) is 57.0 Å². The first kappa shape index (κ1) is 12.6. The molecule has 0 aliphatic rings. The first-order valence-corrected chi connectivity index (χ1v) is 6.57. The molecule has 0 saturated heterocycles. The average Bonchev–Trinajstić information content (AvgIpc) is 2.87. The molecular formula is C13H9BrN4O2. The number of para-hydroxylation sites is 1. The largest absolute Gasteiger partial charge is 0.326 e. The summed E-state index contributed by atoms with van der Waals surface area (Å²) in [6, 6.07) is 8.82. The van der Waals surface area contributed by atoms with Crippen LogP contribution in [0.5, 0.6) is 0 Å². The SMILES string of the molecule is O=C(Nc1cc(Br)c[nH]c1=O)c1n[nH]c2ccccc12. The fourth-order valence-corrected chi connectivity index (χ4v) is 2.21. The molecule has 0 aliphatic carbocycles. The molecule has 20 heavy (non-hydrogen) atoms. The molecule has 0 radical (unpaired) electrons. The van der Waals surface area contributed by atoms with E-state index in [9.17, 15) is 9.59 Å². The van der Waals surface area contributed by atoms with Crippen LogP contribution >= 0.6 is 15.9 Å². The predicted octanol–water partition coefficient (Wildman–Crippen LogP) is 2.27. The van der Waals surface area contributed by atoms with Crippen molar-refractivity contribution >= 4 is 38.4 Å². The van der Waals surface area contributed by atoms with Crippen LogP contribution in [0.15, 0.2) is 45.8 Å². The smallest absolute Gasteiger partial charge is 0.276 e. The summed E-state index contributed by atoms with van der Waals surface area (Å²) >= 11 is 3.23. The normalized spacial score (nSPS) is 10.7. The number of pyridine rings is 1. The molecule has 7 heteroatoms. The molecule has 1 aromatic carbocycles. The summed E-state index contributed by atoms with van der Waals surface area (Å²) in [6.07, 6.45) is 1.50. The van der Waals surface area contributed by atoms with Gasteiger partial charge >= 0.3 is 0 Å². The molecule has 100 valence electrons. The number of halogens is 1. The van der Waals surface area contributed by atoms with Crippen molar-refractivity contribution < 1.29 is 4.79 Å². The molecule has 2 aromatic heterocycles. The highest BCUT2D eigenvalue weighted by Gasteiger charge is 2.15.